The normalized spacial score (nSPS) is 9.50. The van der Waals surface area contributed by atoms with Crippen molar-refractivity contribution in [2.45, 2.75) is 11.5 Å². The van der Waals surface area contributed by atoms with Crippen LogP contribution >= 0.6 is 12.6 Å². The van der Waals surface area contributed by atoms with Crippen molar-refractivity contribution < 1.29 is 15.0 Å². The number of carbonyl (C=O) groups is 1. The highest BCUT2D eigenvalue weighted by atomic mass is 32.1. The lowest BCUT2D eigenvalue weighted by Crippen LogP contribution is -2.05. The molecular formula is C9H7NO3S. The molecule has 0 bridgehead atoms. The number of aliphatic hydroxyl groups excluding tert-OH is 1. The molecule has 0 fully saturated rings. The van der Waals surface area contributed by atoms with Crippen LogP contribution in [0, 0.1) is 11.3 Å². The standard InChI is InChI=1S/C9H7NO3S/c10-3-5-1-2-6(4-11)7(8(5)14)9(12)13/h1-2,11,14H,4H2,(H,12,13). The Kier molecular flexibility index (Phi) is 3.12. The van der Waals surface area contributed by atoms with Gasteiger partial charge >= 0.3 is 5.97 Å². The van der Waals surface area contributed by atoms with Gasteiger partial charge in [-0.15, -0.1) is 12.6 Å². The van der Waals surface area contributed by atoms with Gasteiger partial charge in [0.25, 0.3) is 0 Å². The smallest absolute Gasteiger partial charge is 0.337 e. The van der Waals surface area contributed by atoms with Crippen molar-refractivity contribution in [2.75, 3.05) is 0 Å². The van der Waals surface area contributed by atoms with Gasteiger partial charge in [0, 0.05) is 4.90 Å². The van der Waals surface area contributed by atoms with E-state index in [1.807, 2.05) is 6.07 Å². The number of aliphatic hydroxyl groups is 1. The van der Waals surface area contributed by atoms with Gasteiger partial charge in [-0.25, -0.2) is 4.79 Å². The molecule has 0 radical (unpaired) electrons. The maximum absolute atomic E-state index is 10.8. The van der Waals surface area contributed by atoms with Gasteiger partial charge in [0.15, 0.2) is 0 Å². The molecule has 72 valence electrons. The summed E-state index contributed by atoms with van der Waals surface area (Å²) in [6, 6.07) is 4.66. The summed E-state index contributed by atoms with van der Waals surface area (Å²) in [5.41, 5.74) is 0.319. The maximum Gasteiger partial charge on any atom is 0.337 e. The van der Waals surface area contributed by atoms with Crippen molar-refractivity contribution in [3.63, 3.8) is 0 Å². The Hall–Kier alpha value is -1.51. The fraction of sp³-hybridized carbons (Fsp3) is 0.111. The Labute approximate surface area is 85.8 Å². The molecule has 0 saturated heterocycles. The molecule has 5 heteroatoms. The van der Waals surface area contributed by atoms with E-state index in [0.29, 0.717) is 0 Å². The Bertz CT molecular complexity index is 423. The Morgan fingerprint density at radius 2 is 2.21 bits per heavy atom. The molecule has 2 N–H and O–H groups in total. The van der Waals surface area contributed by atoms with E-state index >= 15 is 0 Å². The van der Waals surface area contributed by atoms with Crippen molar-refractivity contribution in [1.82, 2.24) is 0 Å². The zero-order valence-electron chi connectivity index (χ0n) is 7.06. The van der Waals surface area contributed by atoms with Crippen molar-refractivity contribution in [3.05, 3.63) is 28.8 Å². The van der Waals surface area contributed by atoms with Crippen LogP contribution in [-0.4, -0.2) is 16.2 Å². The number of hydrogen-bond acceptors (Lipinski definition) is 4. The van der Waals surface area contributed by atoms with Crippen molar-refractivity contribution in [2.24, 2.45) is 0 Å². The highest BCUT2D eigenvalue weighted by Crippen LogP contribution is 2.22. The Balaban J connectivity index is 3.49. The minimum absolute atomic E-state index is 0.0894. The number of carboxylic acids is 1. The third-order valence-corrected chi connectivity index (χ3v) is 2.23. The summed E-state index contributed by atoms with van der Waals surface area (Å²) < 4.78 is 0. The second-order valence-electron chi connectivity index (χ2n) is 2.57. The number of carboxylic acid groups (broad SMARTS) is 1. The van der Waals surface area contributed by atoms with Crippen LogP contribution in [0.3, 0.4) is 0 Å². The number of hydrogen-bond donors (Lipinski definition) is 3. The predicted octanol–water partition coefficient (Wildman–Crippen LogP) is 1.04. The highest BCUT2D eigenvalue weighted by Gasteiger charge is 2.15. The molecule has 0 aromatic heterocycles. The van der Waals surface area contributed by atoms with E-state index in [9.17, 15) is 4.79 Å². The first-order valence-corrected chi connectivity index (χ1v) is 4.15. The summed E-state index contributed by atoms with van der Waals surface area (Å²) in [6.45, 7) is -0.388. The van der Waals surface area contributed by atoms with Gasteiger partial charge in [-0.2, -0.15) is 5.26 Å². The molecule has 0 amide bonds. The summed E-state index contributed by atoms with van der Waals surface area (Å²) in [5.74, 6) is -1.20. The van der Waals surface area contributed by atoms with Crippen molar-refractivity contribution in [1.29, 1.82) is 5.26 Å². The van der Waals surface area contributed by atoms with E-state index in [1.165, 1.54) is 12.1 Å². The lowest BCUT2D eigenvalue weighted by molar-refractivity contribution is 0.0689. The molecule has 4 nitrogen and oxygen atoms in total. The largest absolute Gasteiger partial charge is 0.478 e. The van der Waals surface area contributed by atoms with Gasteiger partial charge < -0.3 is 10.2 Å². The summed E-state index contributed by atoms with van der Waals surface area (Å²) in [5, 5.41) is 26.3. The second kappa shape index (κ2) is 4.13. The minimum Gasteiger partial charge on any atom is -0.478 e. The molecule has 1 aromatic carbocycles. The van der Waals surface area contributed by atoms with E-state index in [1.54, 1.807) is 0 Å². The van der Waals surface area contributed by atoms with Crippen LogP contribution in [-0.2, 0) is 6.61 Å². The molecule has 14 heavy (non-hydrogen) atoms. The number of rotatable bonds is 2. The molecule has 0 heterocycles. The van der Waals surface area contributed by atoms with E-state index in [2.05, 4.69) is 12.6 Å². The van der Waals surface area contributed by atoms with Crippen LogP contribution in [0.2, 0.25) is 0 Å². The topological polar surface area (TPSA) is 81.3 Å². The van der Waals surface area contributed by atoms with Crippen LogP contribution in [0.4, 0.5) is 0 Å². The van der Waals surface area contributed by atoms with Gasteiger partial charge in [0.1, 0.15) is 6.07 Å². The maximum atomic E-state index is 10.8. The molecule has 0 saturated carbocycles. The van der Waals surface area contributed by atoms with Crippen LogP contribution in [0.5, 0.6) is 0 Å². The Morgan fingerprint density at radius 3 is 2.64 bits per heavy atom. The SMILES string of the molecule is N#Cc1ccc(CO)c(C(=O)O)c1S. The van der Waals surface area contributed by atoms with E-state index in [-0.39, 0.29) is 28.2 Å². The molecular weight excluding hydrogens is 202 g/mol. The number of aromatic carboxylic acids is 1. The van der Waals surface area contributed by atoms with Crippen LogP contribution in [0.1, 0.15) is 21.5 Å². The summed E-state index contributed by atoms with van der Waals surface area (Å²) >= 11 is 3.94. The van der Waals surface area contributed by atoms with Crippen LogP contribution in [0.25, 0.3) is 0 Å². The molecule has 0 atom stereocenters. The van der Waals surface area contributed by atoms with Crippen LogP contribution in [0.15, 0.2) is 17.0 Å². The molecule has 0 aliphatic heterocycles. The monoisotopic (exact) mass is 209 g/mol. The van der Waals surface area contributed by atoms with Gasteiger partial charge in [0.2, 0.25) is 0 Å². The lowest BCUT2D eigenvalue weighted by Gasteiger charge is -2.06. The third-order valence-electron chi connectivity index (χ3n) is 1.77. The number of nitrogens with zero attached hydrogens (tertiary/aromatic N) is 1. The lowest BCUT2D eigenvalue weighted by atomic mass is 10.0. The van der Waals surface area contributed by atoms with E-state index < -0.39 is 5.97 Å². The van der Waals surface area contributed by atoms with Gasteiger partial charge in [0.05, 0.1) is 17.7 Å². The van der Waals surface area contributed by atoms with Gasteiger partial charge in [-0.1, -0.05) is 6.07 Å². The van der Waals surface area contributed by atoms with E-state index in [0.717, 1.165) is 0 Å². The fourth-order valence-electron chi connectivity index (χ4n) is 1.09. The molecule has 1 rings (SSSR count). The molecule has 1 aromatic rings. The summed E-state index contributed by atoms with van der Waals surface area (Å²) in [6.07, 6.45) is 0. The first-order valence-electron chi connectivity index (χ1n) is 3.71. The number of thiol groups is 1. The van der Waals surface area contributed by atoms with Crippen LogP contribution < -0.4 is 0 Å². The summed E-state index contributed by atoms with van der Waals surface area (Å²) in [4.78, 5) is 10.9. The third kappa shape index (κ3) is 1.71. The Morgan fingerprint density at radius 1 is 1.57 bits per heavy atom. The number of benzene rings is 1. The quantitative estimate of drug-likeness (QED) is 0.635. The first kappa shape index (κ1) is 10.6. The fourth-order valence-corrected chi connectivity index (χ4v) is 1.46. The van der Waals surface area contributed by atoms with Gasteiger partial charge in [-0.3, -0.25) is 0 Å². The molecule has 0 aliphatic carbocycles. The zero-order chi connectivity index (χ0) is 10.7. The average Bonchev–Trinajstić information content (AvgIpc) is 2.16. The van der Waals surface area contributed by atoms with Gasteiger partial charge in [-0.05, 0) is 11.6 Å². The first-order chi connectivity index (χ1) is 6.61. The van der Waals surface area contributed by atoms with Crippen molar-refractivity contribution in [3.8, 4) is 6.07 Å². The van der Waals surface area contributed by atoms with Crippen molar-refractivity contribution >= 4 is 18.6 Å². The minimum atomic E-state index is -1.20. The molecule has 0 spiro atoms. The second-order valence-corrected chi connectivity index (χ2v) is 3.02. The predicted molar refractivity (Wildman–Crippen MR) is 51.3 cm³/mol. The average molecular weight is 209 g/mol. The summed E-state index contributed by atoms with van der Waals surface area (Å²) in [7, 11) is 0. The molecule has 0 aliphatic rings. The zero-order valence-corrected chi connectivity index (χ0v) is 7.95. The highest BCUT2D eigenvalue weighted by molar-refractivity contribution is 7.80. The van der Waals surface area contributed by atoms with E-state index in [4.69, 9.17) is 15.5 Å². The number of nitriles is 1. The molecule has 0 unspecified atom stereocenters.